The van der Waals surface area contributed by atoms with Crippen molar-refractivity contribution in [2.24, 2.45) is 0 Å². The van der Waals surface area contributed by atoms with E-state index >= 15 is 0 Å². The molecule has 1 rings (SSSR count). The first-order chi connectivity index (χ1) is 8.47. The van der Waals surface area contributed by atoms with Crippen molar-refractivity contribution >= 4 is 23.8 Å². The zero-order chi connectivity index (χ0) is 13.7. The number of rotatable bonds is 4. The third-order valence-electron chi connectivity index (χ3n) is 2.72. The highest BCUT2D eigenvalue weighted by Gasteiger charge is 2.40. The van der Waals surface area contributed by atoms with Crippen LogP contribution in [0.3, 0.4) is 0 Å². The van der Waals surface area contributed by atoms with Gasteiger partial charge >= 0.3 is 12.0 Å². The van der Waals surface area contributed by atoms with Crippen LogP contribution in [0.1, 0.15) is 27.2 Å². The number of carboxylic acid groups (broad SMARTS) is 1. The van der Waals surface area contributed by atoms with E-state index in [0.29, 0.717) is 12.3 Å². The van der Waals surface area contributed by atoms with Crippen molar-refractivity contribution in [2.45, 2.75) is 38.6 Å². The molecule has 0 aliphatic carbocycles. The molecule has 6 heteroatoms. The molecule has 1 heterocycles. The van der Waals surface area contributed by atoms with Gasteiger partial charge in [0.25, 0.3) is 0 Å². The molecule has 18 heavy (non-hydrogen) atoms. The normalized spacial score (nSPS) is 22.7. The molecular weight excluding hydrogens is 252 g/mol. The molecule has 1 aliphatic heterocycles. The highest BCUT2D eigenvalue weighted by molar-refractivity contribution is 8.00. The van der Waals surface area contributed by atoms with Crippen LogP contribution in [0, 0.1) is 0 Å². The lowest BCUT2D eigenvalue weighted by atomic mass is 10.2. The standard InChI is InChI=1S/C12H20N2O3S/c1-4-10-14(9(7-18-10)11(15)16)12(17)13-6-5-8(2)3/h5,9-10H,4,6-7H2,1-3H3,(H,13,17)(H,15,16). The molecule has 0 spiro atoms. The van der Waals surface area contributed by atoms with Crippen LogP contribution in [0.5, 0.6) is 0 Å². The summed E-state index contributed by atoms with van der Waals surface area (Å²) < 4.78 is 0. The Morgan fingerprint density at radius 2 is 2.17 bits per heavy atom. The predicted molar refractivity (Wildman–Crippen MR) is 72.6 cm³/mol. The summed E-state index contributed by atoms with van der Waals surface area (Å²) in [6, 6.07) is -1.01. The summed E-state index contributed by atoms with van der Waals surface area (Å²) in [5.41, 5.74) is 1.12. The molecule has 2 unspecified atom stereocenters. The van der Waals surface area contributed by atoms with E-state index < -0.39 is 12.0 Å². The van der Waals surface area contributed by atoms with Gasteiger partial charge in [0.2, 0.25) is 0 Å². The Morgan fingerprint density at radius 3 is 2.67 bits per heavy atom. The number of urea groups is 1. The molecule has 0 saturated carbocycles. The first kappa shape index (κ1) is 14.9. The maximum atomic E-state index is 12.0. The first-order valence-electron chi connectivity index (χ1n) is 6.01. The number of aliphatic carboxylic acids is 1. The van der Waals surface area contributed by atoms with Gasteiger partial charge in [-0.2, -0.15) is 0 Å². The Morgan fingerprint density at radius 1 is 1.50 bits per heavy atom. The average Bonchev–Trinajstić information content (AvgIpc) is 2.71. The molecule has 1 fully saturated rings. The van der Waals surface area contributed by atoms with Crippen LogP contribution in [-0.4, -0.2) is 45.7 Å². The number of nitrogens with one attached hydrogen (secondary N) is 1. The van der Waals surface area contributed by atoms with Crippen molar-refractivity contribution in [1.29, 1.82) is 0 Å². The molecule has 5 nitrogen and oxygen atoms in total. The summed E-state index contributed by atoms with van der Waals surface area (Å²) in [4.78, 5) is 24.6. The van der Waals surface area contributed by atoms with E-state index in [1.165, 1.54) is 16.7 Å². The molecule has 0 bridgehead atoms. The van der Waals surface area contributed by atoms with Gasteiger partial charge in [-0.25, -0.2) is 9.59 Å². The number of nitrogens with zero attached hydrogens (tertiary/aromatic N) is 1. The van der Waals surface area contributed by atoms with Gasteiger partial charge in [0, 0.05) is 12.3 Å². The maximum absolute atomic E-state index is 12.0. The summed E-state index contributed by atoms with van der Waals surface area (Å²) in [6.45, 7) is 6.29. The summed E-state index contributed by atoms with van der Waals surface area (Å²) >= 11 is 1.52. The molecule has 2 N–H and O–H groups in total. The SMILES string of the molecule is CCC1SCC(C(=O)O)N1C(=O)NCC=C(C)C. The van der Waals surface area contributed by atoms with E-state index in [-0.39, 0.29) is 11.4 Å². The molecule has 1 aliphatic rings. The number of carbonyl (C=O) groups excluding carboxylic acids is 1. The van der Waals surface area contributed by atoms with Gasteiger partial charge in [-0.15, -0.1) is 11.8 Å². The Labute approximate surface area is 112 Å². The van der Waals surface area contributed by atoms with Gasteiger partial charge in [-0.3, -0.25) is 4.90 Å². The fourth-order valence-electron chi connectivity index (χ4n) is 1.77. The monoisotopic (exact) mass is 272 g/mol. The third-order valence-corrected chi connectivity index (χ3v) is 4.18. The summed E-state index contributed by atoms with van der Waals surface area (Å²) in [7, 11) is 0. The van der Waals surface area contributed by atoms with Crippen LogP contribution in [0.2, 0.25) is 0 Å². The van der Waals surface area contributed by atoms with E-state index in [0.717, 1.165) is 12.0 Å². The van der Waals surface area contributed by atoms with Crippen molar-refractivity contribution in [1.82, 2.24) is 10.2 Å². The Bertz CT molecular complexity index is 353. The molecular formula is C12H20N2O3S. The minimum atomic E-state index is -0.934. The van der Waals surface area contributed by atoms with E-state index in [4.69, 9.17) is 5.11 Å². The number of hydrogen-bond donors (Lipinski definition) is 2. The third kappa shape index (κ3) is 3.66. The molecule has 0 aromatic heterocycles. The van der Waals surface area contributed by atoms with Crippen LogP contribution >= 0.6 is 11.8 Å². The molecule has 2 atom stereocenters. The highest BCUT2D eigenvalue weighted by Crippen LogP contribution is 2.31. The lowest BCUT2D eigenvalue weighted by Gasteiger charge is -2.26. The number of amides is 2. The highest BCUT2D eigenvalue weighted by atomic mass is 32.2. The van der Waals surface area contributed by atoms with Gasteiger partial charge in [0.1, 0.15) is 6.04 Å². The molecule has 2 amide bonds. The van der Waals surface area contributed by atoms with Crippen LogP contribution in [0.4, 0.5) is 4.79 Å². The molecule has 1 saturated heterocycles. The molecule has 0 aromatic rings. The Kier molecular flexibility index (Phi) is 5.53. The molecule has 0 radical (unpaired) electrons. The summed E-state index contributed by atoms with van der Waals surface area (Å²) in [5.74, 6) is -0.472. The maximum Gasteiger partial charge on any atom is 0.327 e. The van der Waals surface area contributed by atoms with Crippen LogP contribution in [0.15, 0.2) is 11.6 Å². The fraction of sp³-hybridized carbons (Fsp3) is 0.667. The largest absolute Gasteiger partial charge is 0.480 e. The van der Waals surface area contributed by atoms with E-state index in [9.17, 15) is 9.59 Å². The van der Waals surface area contributed by atoms with E-state index in [2.05, 4.69) is 5.32 Å². The van der Waals surface area contributed by atoms with Crippen molar-refractivity contribution in [3.05, 3.63) is 11.6 Å². The topological polar surface area (TPSA) is 69.6 Å². The van der Waals surface area contributed by atoms with E-state index in [1.807, 2.05) is 26.8 Å². The molecule has 0 aromatic carbocycles. The fourth-order valence-corrected chi connectivity index (χ4v) is 3.12. The minimum absolute atomic E-state index is 0.0437. The number of hydrogen-bond acceptors (Lipinski definition) is 3. The van der Waals surface area contributed by atoms with Crippen LogP contribution in [-0.2, 0) is 4.79 Å². The van der Waals surface area contributed by atoms with E-state index in [1.54, 1.807) is 0 Å². The quantitative estimate of drug-likeness (QED) is 0.767. The lowest BCUT2D eigenvalue weighted by molar-refractivity contribution is -0.141. The van der Waals surface area contributed by atoms with Gasteiger partial charge in [-0.1, -0.05) is 18.6 Å². The second kappa shape index (κ2) is 6.68. The van der Waals surface area contributed by atoms with Crippen molar-refractivity contribution in [2.75, 3.05) is 12.3 Å². The lowest BCUT2D eigenvalue weighted by Crippen LogP contribution is -2.50. The number of allylic oxidation sites excluding steroid dienone is 1. The number of thioether (sulfide) groups is 1. The zero-order valence-electron chi connectivity index (χ0n) is 11.0. The van der Waals surface area contributed by atoms with Crippen molar-refractivity contribution in [3.63, 3.8) is 0 Å². The minimum Gasteiger partial charge on any atom is -0.480 e. The Hall–Kier alpha value is -1.17. The van der Waals surface area contributed by atoms with Crippen molar-refractivity contribution < 1.29 is 14.7 Å². The van der Waals surface area contributed by atoms with Crippen molar-refractivity contribution in [3.8, 4) is 0 Å². The Balaban J connectivity index is 2.66. The first-order valence-corrected chi connectivity index (χ1v) is 7.06. The summed E-state index contributed by atoms with van der Waals surface area (Å²) in [5, 5.41) is 11.8. The number of carboxylic acids is 1. The average molecular weight is 272 g/mol. The van der Waals surface area contributed by atoms with Gasteiger partial charge in [0.05, 0.1) is 5.37 Å². The second-order valence-electron chi connectivity index (χ2n) is 4.43. The number of carbonyl (C=O) groups is 2. The van der Waals surface area contributed by atoms with Crippen LogP contribution < -0.4 is 5.32 Å². The second-order valence-corrected chi connectivity index (χ2v) is 5.64. The smallest absolute Gasteiger partial charge is 0.327 e. The summed E-state index contributed by atoms with van der Waals surface area (Å²) in [6.07, 6.45) is 2.66. The zero-order valence-corrected chi connectivity index (χ0v) is 11.8. The van der Waals surface area contributed by atoms with Gasteiger partial charge in [0.15, 0.2) is 0 Å². The molecule has 102 valence electrons. The van der Waals surface area contributed by atoms with Crippen LogP contribution in [0.25, 0.3) is 0 Å². The van der Waals surface area contributed by atoms with Gasteiger partial charge in [-0.05, 0) is 20.3 Å². The predicted octanol–water partition coefficient (Wildman–Crippen LogP) is 1.90. The van der Waals surface area contributed by atoms with Gasteiger partial charge < -0.3 is 10.4 Å².